The van der Waals surface area contributed by atoms with Crippen LogP contribution >= 0.6 is 11.6 Å². The molecule has 0 fully saturated rings. The zero-order chi connectivity index (χ0) is 29.4. The molecule has 0 saturated carbocycles. The minimum absolute atomic E-state index is 0.346. The Morgan fingerprint density at radius 1 is 0.744 bits per heavy atom. The van der Waals surface area contributed by atoms with Crippen LogP contribution in [0, 0.1) is 5.92 Å². The molecule has 8 rings (SSSR count). The van der Waals surface area contributed by atoms with Gasteiger partial charge in [0.1, 0.15) is 33.2 Å². The second kappa shape index (κ2) is 9.72. The van der Waals surface area contributed by atoms with Gasteiger partial charge >= 0.3 is 0 Å². The van der Waals surface area contributed by atoms with E-state index in [2.05, 4.69) is 91.8 Å². The Kier molecular flexibility index (Phi) is 5.89. The van der Waals surface area contributed by atoms with Crippen molar-refractivity contribution in [1.29, 1.82) is 0 Å². The van der Waals surface area contributed by atoms with E-state index in [9.17, 15) is 0 Å². The van der Waals surface area contributed by atoms with Gasteiger partial charge < -0.3 is 8.83 Å². The molecular weight excluding hydrogens is 554 g/mol. The molecule has 0 bridgehead atoms. The fourth-order valence-electron chi connectivity index (χ4n) is 6.51. The van der Waals surface area contributed by atoms with Crippen molar-refractivity contribution in [2.45, 2.75) is 40.0 Å². The second-order valence-corrected chi connectivity index (χ2v) is 12.5. The number of para-hydroxylation sites is 3. The van der Waals surface area contributed by atoms with Crippen molar-refractivity contribution < 1.29 is 8.83 Å². The van der Waals surface area contributed by atoms with Gasteiger partial charge in [0.05, 0.1) is 22.1 Å². The maximum Gasteiger partial charge on any atom is 0.154 e. The first-order valence-electron chi connectivity index (χ1n) is 14.8. The van der Waals surface area contributed by atoms with E-state index in [1.807, 2.05) is 24.3 Å². The van der Waals surface area contributed by atoms with Crippen molar-refractivity contribution in [2.75, 3.05) is 0 Å². The van der Waals surface area contributed by atoms with E-state index >= 15 is 0 Å². The van der Waals surface area contributed by atoms with Crippen molar-refractivity contribution in [3.05, 3.63) is 101 Å². The molecule has 0 atom stereocenters. The van der Waals surface area contributed by atoms with Crippen LogP contribution in [0.5, 0.6) is 0 Å². The molecule has 0 spiro atoms. The summed E-state index contributed by atoms with van der Waals surface area (Å²) in [6, 6.07) is 29.0. The van der Waals surface area contributed by atoms with Crippen molar-refractivity contribution in [1.82, 2.24) is 14.5 Å². The SMILES string of the molecule is CC(C)Cc1cccc(C(C)C)c1-n1c(-c2ccc3oc4ccc5oc6ccc(Cl)nc6c5c4c3c2)nc2ccccc21. The van der Waals surface area contributed by atoms with Crippen LogP contribution in [0.4, 0.5) is 0 Å². The number of rotatable bonds is 5. The van der Waals surface area contributed by atoms with Gasteiger partial charge in [0.25, 0.3) is 0 Å². The van der Waals surface area contributed by atoms with Crippen molar-refractivity contribution in [2.24, 2.45) is 5.92 Å². The van der Waals surface area contributed by atoms with Gasteiger partial charge in [-0.25, -0.2) is 9.97 Å². The number of furan rings is 2. The maximum atomic E-state index is 6.36. The molecule has 212 valence electrons. The van der Waals surface area contributed by atoms with Gasteiger partial charge in [-0.1, -0.05) is 69.6 Å². The van der Waals surface area contributed by atoms with Crippen LogP contribution < -0.4 is 0 Å². The highest BCUT2D eigenvalue weighted by atomic mass is 35.5. The fraction of sp³-hybridized carbons (Fsp3) is 0.189. The average Bonchev–Trinajstić information content (AvgIpc) is 3.67. The van der Waals surface area contributed by atoms with Crippen molar-refractivity contribution in [3.63, 3.8) is 0 Å². The molecule has 0 aliphatic carbocycles. The molecule has 0 aliphatic heterocycles. The van der Waals surface area contributed by atoms with E-state index in [1.165, 1.54) is 16.8 Å². The molecule has 0 saturated heterocycles. The topological polar surface area (TPSA) is 57.0 Å². The molecule has 43 heavy (non-hydrogen) atoms. The molecule has 8 aromatic rings. The predicted octanol–water partition coefficient (Wildman–Crippen LogP) is 10.9. The summed E-state index contributed by atoms with van der Waals surface area (Å²) in [5.41, 5.74) is 10.7. The van der Waals surface area contributed by atoms with Gasteiger partial charge in [0, 0.05) is 16.3 Å². The minimum Gasteiger partial charge on any atom is -0.456 e. The number of benzene rings is 4. The summed E-state index contributed by atoms with van der Waals surface area (Å²) in [5, 5.41) is 3.29. The first-order chi connectivity index (χ1) is 20.9. The van der Waals surface area contributed by atoms with Gasteiger partial charge in [0.15, 0.2) is 5.58 Å². The summed E-state index contributed by atoms with van der Waals surface area (Å²) >= 11 is 6.33. The maximum absolute atomic E-state index is 6.36. The Balaban J connectivity index is 1.46. The Hall–Kier alpha value is -4.61. The zero-order valence-corrected chi connectivity index (χ0v) is 25.2. The third-order valence-electron chi connectivity index (χ3n) is 8.32. The molecule has 0 amide bonds. The first-order valence-corrected chi connectivity index (χ1v) is 15.2. The Bertz CT molecular complexity index is 2360. The first kappa shape index (κ1) is 26.1. The zero-order valence-electron chi connectivity index (χ0n) is 24.5. The van der Waals surface area contributed by atoms with Gasteiger partial charge in [0.2, 0.25) is 0 Å². The average molecular weight is 584 g/mol. The normalized spacial score (nSPS) is 12.3. The third-order valence-corrected chi connectivity index (χ3v) is 8.53. The Morgan fingerprint density at radius 3 is 2.30 bits per heavy atom. The number of imidazole rings is 1. The van der Waals surface area contributed by atoms with Crippen LogP contribution in [0.15, 0.2) is 93.8 Å². The number of nitrogens with zero attached hydrogens (tertiary/aromatic N) is 3. The van der Waals surface area contributed by atoms with Crippen LogP contribution in [-0.2, 0) is 6.42 Å². The standard InChI is InChI=1S/C37H30ClN3O2/c1-20(2)18-22-8-7-9-24(21(3)4)36(22)41-27-11-6-5-10-26(27)39-37(41)23-12-13-28-25(19-23)33-29(42-28)14-15-30-34(33)35-31(43-30)16-17-32(38)40-35/h5-17,19-21H,18H2,1-4H3. The van der Waals surface area contributed by atoms with Gasteiger partial charge in [-0.2, -0.15) is 0 Å². The van der Waals surface area contributed by atoms with Crippen LogP contribution in [0.25, 0.3) is 72.1 Å². The number of hydrogen-bond donors (Lipinski definition) is 0. The largest absolute Gasteiger partial charge is 0.456 e. The van der Waals surface area contributed by atoms with Gasteiger partial charge in [-0.15, -0.1) is 0 Å². The molecule has 5 nitrogen and oxygen atoms in total. The van der Waals surface area contributed by atoms with Crippen LogP contribution in [0.1, 0.15) is 44.7 Å². The minimum atomic E-state index is 0.346. The number of aromatic nitrogens is 3. The van der Waals surface area contributed by atoms with Crippen LogP contribution in [-0.4, -0.2) is 14.5 Å². The van der Waals surface area contributed by atoms with Crippen LogP contribution in [0.2, 0.25) is 5.15 Å². The summed E-state index contributed by atoms with van der Waals surface area (Å²) in [5.74, 6) is 1.77. The second-order valence-electron chi connectivity index (χ2n) is 12.1. The summed E-state index contributed by atoms with van der Waals surface area (Å²) < 4.78 is 14.9. The molecule has 6 heteroatoms. The van der Waals surface area contributed by atoms with Crippen LogP contribution in [0.3, 0.4) is 0 Å². The molecular formula is C37H30ClN3O2. The fourth-order valence-corrected chi connectivity index (χ4v) is 6.66. The quantitative estimate of drug-likeness (QED) is 0.189. The van der Waals surface area contributed by atoms with E-state index in [-0.39, 0.29) is 0 Å². The highest BCUT2D eigenvalue weighted by molar-refractivity contribution is 6.31. The molecule has 4 aromatic carbocycles. The van der Waals surface area contributed by atoms with Crippen molar-refractivity contribution >= 4 is 66.6 Å². The van der Waals surface area contributed by atoms with Gasteiger partial charge in [-0.05, 0) is 84.0 Å². The summed E-state index contributed by atoms with van der Waals surface area (Å²) in [6.45, 7) is 9.08. The van der Waals surface area contributed by atoms with E-state index in [0.717, 1.165) is 67.3 Å². The molecule has 0 radical (unpaired) electrons. The highest BCUT2D eigenvalue weighted by Crippen LogP contribution is 2.42. The number of halogens is 1. The number of fused-ring (bicyclic) bond motifs is 8. The lowest BCUT2D eigenvalue weighted by atomic mass is 9.93. The van der Waals surface area contributed by atoms with E-state index in [0.29, 0.717) is 22.6 Å². The molecule has 4 heterocycles. The lowest BCUT2D eigenvalue weighted by Crippen LogP contribution is -2.09. The Labute approximate surface area is 253 Å². The highest BCUT2D eigenvalue weighted by Gasteiger charge is 2.23. The summed E-state index contributed by atoms with van der Waals surface area (Å²) in [6.07, 6.45) is 0.981. The van der Waals surface area contributed by atoms with E-state index in [4.69, 9.17) is 25.4 Å². The van der Waals surface area contributed by atoms with E-state index in [1.54, 1.807) is 6.07 Å². The number of hydrogen-bond acceptors (Lipinski definition) is 4. The monoisotopic (exact) mass is 583 g/mol. The third kappa shape index (κ3) is 4.06. The molecule has 0 N–H and O–H groups in total. The smallest absolute Gasteiger partial charge is 0.154 e. The Morgan fingerprint density at radius 2 is 1.49 bits per heavy atom. The number of pyridine rings is 1. The lowest BCUT2D eigenvalue weighted by molar-refractivity contribution is 0.643. The van der Waals surface area contributed by atoms with E-state index < -0.39 is 0 Å². The van der Waals surface area contributed by atoms with Gasteiger partial charge in [-0.3, -0.25) is 4.57 Å². The predicted molar refractivity (Wildman–Crippen MR) is 176 cm³/mol. The summed E-state index contributed by atoms with van der Waals surface area (Å²) in [7, 11) is 0. The molecule has 0 unspecified atom stereocenters. The van der Waals surface area contributed by atoms with Crippen molar-refractivity contribution in [3.8, 4) is 17.1 Å². The summed E-state index contributed by atoms with van der Waals surface area (Å²) in [4.78, 5) is 9.89. The lowest BCUT2D eigenvalue weighted by Gasteiger charge is -2.21. The molecule has 0 aliphatic rings. The molecule has 4 aromatic heterocycles.